The summed E-state index contributed by atoms with van der Waals surface area (Å²) in [7, 11) is 3.28. The highest BCUT2D eigenvalue weighted by Crippen LogP contribution is 2.32. The maximum Gasteiger partial charge on any atom is 0.223 e. The van der Waals surface area contributed by atoms with E-state index in [1.807, 2.05) is 53.4 Å². The normalized spacial score (nSPS) is 13.1. The van der Waals surface area contributed by atoms with Gasteiger partial charge in [0.25, 0.3) is 0 Å². The standard InChI is InChI=1S/C23H27N5O3/c1-30-20-12-13-21(31-2)18(15-20)16-27(19-10-11-19)22(29)9-6-14-28-25-23(24-26-28)17-7-4-3-5-8-17/h3-5,7-8,12-13,15,19H,6,9-11,14,16H2,1-2H3. The lowest BCUT2D eigenvalue weighted by atomic mass is 10.1. The number of carbonyl (C=O) groups is 1. The second kappa shape index (κ2) is 9.59. The summed E-state index contributed by atoms with van der Waals surface area (Å²) < 4.78 is 10.8. The summed E-state index contributed by atoms with van der Waals surface area (Å²) in [5.74, 6) is 2.25. The molecular weight excluding hydrogens is 394 g/mol. The quantitative estimate of drug-likeness (QED) is 0.499. The van der Waals surface area contributed by atoms with E-state index < -0.39 is 0 Å². The number of amides is 1. The first-order chi connectivity index (χ1) is 15.2. The summed E-state index contributed by atoms with van der Waals surface area (Å²) in [6, 6.07) is 15.7. The van der Waals surface area contributed by atoms with E-state index >= 15 is 0 Å². The molecule has 0 aliphatic heterocycles. The van der Waals surface area contributed by atoms with Gasteiger partial charge in [0.2, 0.25) is 11.7 Å². The van der Waals surface area contributed by atoms with Crippen LogP contribution >= 0.6 is 0 Å². The van der Waals surface area contributed by atoms with Gasteiger partial charge in [-0.2, -0.15) is 4.80 Å². The van der Waals surface area contributed by atoms with Crippen molar-refractivity contribution in [2.45, 2.75) is 44.8 Å². The van der Waals surface area contributed by atoms with Crippen molar-refractivity contribution in [2.24, 2.45) is 0 Å². The first kappa shape index (κ1) is 20.8. The van der Waals surface area contributed by atoms with E-state index in [2.05, 4.69) is 15.4 Å². The minimum Gasteiger partial charge on any atom is -0.497 e. The average molecular weight is 422 g/mol. The molecule has 0 unspecified atom stereocenters. The van der Waals surface area contributed by atoms with Gasteiger partial charge >= 0.3 is 0 Å². The first-order valence-corrected chi connectivity index (χ1v) is 10.5. The lowest BCUT2D eigenvalue weighted by molar-refractivity contribution is -0.132. The molecule has 8 heteroatoms. The minimum atomic E-state index is 0.135. The van der Waals surface area contributed by atoms with Gasteiger partial charge in [-0.15, -0.1) is 10.2 Å². The molecule has 31 heavy (non-hydrogen) atoms. The van der Waals surface area contributed by atoms with Gasteiger partial charge in [-0.1, -0.05) is 30.3 Å². The summed E-state index contributed by atoms with van der Waals surface area (Å²) in [6.07, 6.45) is 3.18. The van der Waals surface area contributed by atoms with Gasteiger partial charge < -0.3 is 14.4 Å². The number of hydrogen-bond acceptors (Lipinski definition) is 6. The number of benzene rings is 2. The molecule has 0 spiro atoms. The van der Waals surface area contributed by atoms with Gasteiger partial charge in [0.05, 0.1) is 20.8 Å². The first-order valence-electron chi connectivity index (χ1n) is 10.5. The molecule has 4 rings (SSSR count). The molecule has 1 aliphatic carbocycles. The third-order valence-electron chi connectivity index (χ3n) is 5.37. The highest BCUT2D eigenvalue weighted by molar-refractivity contribution is 5.77. The molecule has 1 fully saturated rings. The van der Waals surface area contributed by atoms with E-state index in [1.165, 1.54) is 0 Å². The molecule has 0 bridgehead atoms. The van der Waals surface area contributed by atoms with E-state index in [-0.39, 0.29) is 5.91 Å². The van der Waals surface area contributed by atoms with E-state index in [4.69, 9.17) is 9.47 Å². The average Bonchev–Trinajstić information content (AvgIpc) is 3.54. The Kier molecular flexibility index (Phi) is 6.45. The fourth-order valence-corrected chi connectivity index (χ4v) is 3.55. The van der Waals surface area contributed by atoms with Crippen LogP contribution in [0.1, 0.15) is 31.2 Å². The van der Waals surface area contributed by atoms with Crippen molar-refractivity contribution in [3.8, 4) is 22.9 Å². The van der Waals surface area contributed by atoms with Crippen LogP contribution in [0.15, 0.2) is 48.5 Å². The Bertz CT molecular complexity index is 1020. The number of ether oxygens (including phenoxy) is 2. The van der Waals surface area contributed by atoms with Gasteiger partial charge in [-0.25, -0.2) is 0 Å². The molecule has 0 atom stereocenters. The zero-order valence-electron chi connectivity index (χ0n) is 17.9. The Hall–Kier alpha value is -3.42. The van der Waals surface area contributed by atoms with Crippen molar-refractivity contribution in [2.75, 3.05) is 14.2 Å². The second-order valence-corrected chi connectivity index (χ2v) is 7.61. The molecule has 1 amide bonds. The second-order valence-electron chi connectivity index (χ2n) is 7.61. The molecule has 162 valence electrons. The molecule has 3 aromatic rings. The van der Waals surface area contributed by atoms with Gasteiger partial charge in [-0.3, -0.25) is 4.79 Å². The predicted molar refractivity (Wildman–Crippen MR) is 116 cm³/mol. The van der Waals surface area contributed by atoms with E-state index in [1.54, 1.807) is 19.0 Å². The molecule has 1 heterocycles. The summed E-state index contributed by atoms with van der Waals surface area (Å²) in [6.45, 7) is 1.07. The van der Waals surface area contributed by atoms with E-state index in [0.717, 1.165) is 35.5 Å². The number of aryl methyl sites for hydroxylation is 1. The van der Waals surface area contributed by atoms with Gasteiger partial charge in [0.15, 0.2) is 0 Å². The molecule has 8 nitrogen and oxygen atoms in total. The highest BCUT2D eigenvalue weighted by atomic mass is 16.5. The van der Waals surface area contributed by atoms with Crippen molar-refractivity contribution < 1.29 is 14.3 Å². The maximum atomic E-state index is 13.0. The van der Waals surface area contributed by atoms with Gasteiger partial charge in [-0.05, 0) is 42.7 Å². The summed E-state index contributed by atoms with van der Waals surface area (Å²) >= 11 is 0. The molecule has 1 aliphatic rings. The maximum absolute atomic E-state index is 13.0. The summed E-state index contributed by atoms with van der Waals surface area (Å²) in [4.78, 5) is 16.5. The van der Waals surface area contributed by atoms with Crippen LogP contribution in [0.4, 0.5) is 0 Å². The Morgan fingerprint density at radius 3 is 2.65 bits per heavy atom. The van der Waals surface area contributed by atoms with E-state index in [9.17, 15) is 4.79 Å². The van der Waals surface area contributed by atoms with Crippen LogP contribution in [0.3, 0.4) is 0 Å². The van der Waals surface area contributed by atoms with Crippen LogP contribution in [-0.2, 0) is 17.9 Å². The van der Waals surface area contributed by atoms with Crippen molar-refractivity contribution in [1.29, 1.82) is 0 Å². The Balaban J connectivity index is 1.35. The predicted octanol–water partition coefficient (Wildman–Crippen LogP) is 3.33. The zero-order chi connectivity index (χ0) is 21.6. The van der Waals surface area contributed by atoms with Crippen molar-refractivity contribution in [3.05, 3.63) is 54.1 Å². The van der Waals surface area contributed by atoms with Crippen LogP contribution in [0.25, 0.3) is 11.4 Å². The Morgan fingerprint density at radius 2 is 1.94 bits per heavy atom. The molecule has 1 saturated carbocycles. The van der Waals surface area contributed by atoms with Crippen LogP contribution < -0.4 is 9.47 Å². The van der Waals surface area contributed by atoms with E-state index in [0.29, 0.717) is 37.8 Å². The topological polar surface area (TPSA) is 82.4 Å². The molecule has 2 aromatic carbocycles. The largest absolute Gasteiger partial charge is 0.497 e. The number of nitrogens with zero attached hydrogens (tertiary/aromatic N) is 5. The van der Waals surface area contributed by atoms with Crippen LogP contribution in [0.5, 0.6) is 11.5 Å². The number of methoxy groups -OCH3 is 2. The highest BCUT2D eigenvalue weighted by Gasteiger charge is 2.32. The summed E-state index contributed by atoms with van der Waals surface area (Å²) in [5.41, 5.74) is 1.88. The molecule has 0 N–H and O–H groups in total. The monoisotopic (exact) mass is 421 g/mol. The third kappa shape index (κ3) is 5.20. The number of aromatic nitrogens is 4. The lowest BCUT2D eigenvalue weighted by Gasteiger charge is -2.24. The van der Waals surface area contributed by atoms with Gasteiger partial charge in [0, 0.05) is 30.1 Å². The minimum absolute atomic E-state index is 0.135. The Morgan fingerprint density at radius 1 is 1.13 bits per heavy atom. The number of carbonyl (C=O) groups excluding carboxylic acids is 1. The Labute approximate surface area is 181 Å². The SMILES string of the molecule is COc1ccc(OC)c(CN(C(=O)CCCn2nnc(-c3ccccc3)n2)C2CC2)c1. The molecule has 0 saturated heterocycles. The van der Waals surface area contributed by atoms with Crippen LogP contribution in [-0.4, -0.2) is 51.3 Å². The zero-order valence-corrected chi connectivity index (χ0v) is 17.9. The molecule has 1 aromatic heterocycles. The molecule has 0 radical (unpaired) electrons. The van der Waals surface area contributed by atoms with Crippen LogP contribution in [0, 0.1) is 0 Å². The van der Waals surface area contributed by atoms with Crippen LogP contribution in [0.2, 0.25) is 0 Å². The van der Waals surface area contributed by atoms with Crippen molar-refractivity contribution in [3.63, 3.8) is 0 Å². The number of hydrogen-bond donors (Lipinski definition) is 0. The number of tetrazole rings is 1. The third-order valence-corrected chi connectivity index (χ3v) is 5.37. The van der Waals surface area contributed by atoms with Crippen molar-refractivity contribution >= 4 is 5.91 Å². The van der Waals surface area contributed by atoms with Crippen molar-refractivity contribution in [1.82, 2.24) is 25.1 Å². The molecular formula is C23H27N5O3. The lowest BCUT2D eigenvalue weighted by Crippen LogP contribution is -2.32. The fourth-order valence-electron chi connectivity index (χ4n) is 3.55. The smallest absolute Gasteiger partial charge is 0.223 e. The fraction of sp³-hybridized carbons (Fsp3) is 0.391. The summed E-state index contributed by atoms with van der Waals surface area (Å²) in [5, 5.41) is 12.6. The van der Waals surface area contributed by atoms with Gasteiger partial charge in [0.1, 0.15) is 11.5 Å². The number of rotatable bonds is 10.